The third kappa shape index (κ3) is 2.85. The Labute approximate surface area is 140 Å². The first-order valence-corrected chi connectivity index (χ1v) is 8.39. The maximum atomic E-state index is 13.4. The molecule has 1 aromatic heterocycles. The molecule has 5 nitrogen and oxygen atoms in total. The predicted molar refractivity (Wildman–Crippen MR) is 87.2 cm³/mol. The van der Waals surface area contributed by atoms with E-state index < -0.39 is 0 Å². The lowest BCUT2D eigenvalue weighted by atomic mass is 9.76. The van der Waals surface area contributed by atoms with Crippen molar-refractivity contribution >= 4 is 0 Å². The van der Waals surface area contributed by atoms with Gasteiger partial charge in [0.1, 0.15) is 5.82 Å². The van der Waals surface area contributed by atoms with Crippen LogP contribution in [0.15, 0.2) is 36.7 Å². The zero-order valence-corrected chi connectivity index (χ0v) is 13.6. The van der Waals surface area contributed by atoms with Crippen LogP contribution in [0, 0.1) is 17.2 Å². The van der Waals surface area contributed by atoms with Crippen LogP contribution < -0.4 is 0 Å². The summed E-state index contributed by atoms with van der Waals surface area (Å²) in [5.41, 5.74) is 1.69. The van der Waals surface area contributed by atoms with Crippen LogP contribution >= 0.6 is 0 Å². The summed E-state index contributed by atoms with van der Waals surface area (Å²) in [6.07, 6.45) is 4.79. The number of aromatic nitrogens is 2. The Bertz CT molecular complexity index is 720. The number of nitrogens with zero attached hydrogens (tertiary/aromatic N) is 3. The van der Waals surface area contributed by atoms with E-state index >= 15 is 0 Å². The van der Waals surface area contributed by atoms with Gasteiger partial charge in [0.2, 0.25) is 0 Å². The number of halogens is 1. The molecule has 4 rings (SSSR count). The highest BCUT2D eigenvalue weighted by Gasteiger charge is 2.47. The highest BCUT2D eigenvalue weighted by atomic mass is 19.1. The fourth-order valence-electron chi connectivity index (χ4n) is 4.01. The largest absolute Gasteiger partial charge is 0.396 e. The number of hydrogen-bond acceptors (Lipinski definition) is 4. The van der Waals surface area contributed by atoms with Gasteiger partial charge in [-0.15, -0.1) is 0 Å². The average molecular weight is 331 g/mol. The number of likely N-dealkylation sites (tertiary alicyclic amines) is 1. The van der Waals surface area contributed by atoms with E-state index in [9.17, 15) is 9.50 Å². The summed E-state index contributed by atoms with van der Waals surface area (Å²) in [4.78, 5) is 2.36. The Kier molecular flexibility index (Phi) is 4.12. The SMILES string of the molecule is OC[C@]12COCC[C@H]1CN(Cc1cnn(-c3cccc(F)c3)c1)C2. The second kappa shape index (κ2) is 6.27. The second-order valence-corrected chi connectivity index (χ2v) is 7.00. The maximum absolute atomic E-state index is 13.4. The summed E-state index contributed by atoms with van der Waals surface area (Å²) >= 11 is 0. The summed E-state index contributed by atoms with van der Waals surface area (Å²) in [6.45, 7) is 4.23. The highest BCUT2D eigenvalue weighted by Crippen LogP contribution is 2.41. The maximum Gasteiger partial charge on any atom is 0.125 e. The fraction of sp³-hybridized carbons (Fsp3) is 0.500. The molecule has 0 saturated carbocycles. The molecule has 2 aliphatic heterocycles. The summed E-state index contributed by atoms with van der Waals surface area (Å²) < 4.78 is 20.7. The number of aliphatic hydroxyl groups is 1. The number of rotatable bonds is 4. The number of hydrogen-bond donors (Lipinski definition) is 1. The van der Waals surface area contributed by atoms with E-state index in [2.05, 4.69) is 10.00 Å². The van der Waals surface area contributed by atoms with Gasteiger partial charge in [0.15, 0.2) is 0 Å². The number of aliphatic hydroxyl groups excluding tert-OH is 1. The van der Waals surface area contributed by atoms with Gasteiger partial charge >= 0.3 is 0 Å². The molecule has 24 heavy (non-hydrogen) atoms. The molecular formula is C18H22FN3O2. The van der Waals surface area contributed by atoms with Crippen molar-refractivity contribution in [2.75, 3.05) is 32.9 Å². The first kappa shape index (κ1) is 15.7. The van der Waals surface area contributed by atoms with Crippen LogP contribution in [0.5, 0.6) is 0 Å². The molecule has 2 atom stereocenters. The molecule has 0 radical (unpaired) electrons. The molecule has 0 spiro atoms. The molecule has 1 N–H and O–H groups in total. The van der Waals surface area contributed by atoms with Gasteiger partial charge < -0.3 is 9.84 Å². The van der Waals surface area contributed by atoms with Gasteiger partial charge in [-0.05, 0) is 30.5 Å². The van der Waals surface area contributed by atoms with Crippen molar-refractivity contribution in [3.8, 4) is 5.69 Å². The van der Waals surface area contributed by atoms with Gasteiger partial charge in [0, 0.05) is 43.4 Å². The van der Waals surface area contributed by atoms with Gasteiger partial charge in [0.05, 0.1) is 25.1 Å². The molecule has 6 heteroatoms. The summed E-state index contributed by atoms with van der Waals surface area (Å²) in [5, 5.41) is 14.2. The lowest BCUT2D eigenvalue weighted by Crippen LogP contribution is -2.42. The van der Waals surface area contributed by atoms with Crippen molar-refractivity contribution in [3.05, 3.63) is 48.0 Å². The van der Waals surface area contributed by atoms with E-state index in [-0.39, 0.29) is 17.8 Å². The van der Waals surface area contributed by atoms with Crippen LogP contribution in [0.1, 0.15) is 12.0 Å². The second-order valence-electron chi connectivity index (χ2n) is 7.00. The molecule has 0 amide bonds. The Balaban J connectivity index is 1.47. The van der Waals surface area contributed by atoms with Crippen LogP contribution in [-0.4, -0.2) is 52.7 Å². The molecule has 1 aromatic carbocycles. The van der Waals surface area contributed by atoms with Gasteiger partial charge in [-0.25, -0.2) is 9.07 Å². The third-order valence-electron chi connectivity index (χ3n) is 5.31. The Morgan fingerprint density at radius 2 is 2.33 bits per heavy atom. The Morgan fingerprint density at radius 3 is 3.12 bits per heavy atom. The average Bonchev–Trinajstić information content (AvgIpc) is 3.19. The number of benzene rings is 1. The molecule has 3 heterocycles. The molecule has 0 unspecified atom stereocenters. The van der Waals surface area contributed by atoms with Gasteiger partial charge in [-0.2, -0.15) is 5.10 Å². The summed E-state index contributed by atoms with van der Waals surface area (Å²) in [5.74, 6) is 0.229. The zero-order chi connectivity index (χ0) is 16.6. The molecule has 2 aliphatic rings. The van der Waals surface area contributed by atoms with Gasteiger partial charge in [-0.1, -0.05) is 6.07 Å². The van der Waals surface area contributed by atoms with E-state index in [1.165, 1.54) is 12.1 Å². The summed E-state index contributed by atoms with van der Waals surface area (Å²) in [7, 11) is 0. The summed E-state index contributed by atoms with van der Waals surface area (Å²) in [6, 6.07) is 6.42. The first-order valence-electron chi connectivity index (χ1n) is 8.39. The monoisotopic (exact) mass is 331 g/mol. The molecule has 0 bridgehead atoms. The number of fused-ring (bicyclic) bond motifs is 1. The van der Waals surface area contributed by atoms with Gasteiger partial charge in [0.25, 0.3) is 0 Å². The molecular weight excluding hydrogens is 309 g/mol. The van der Waals surface area contributed by atoms with Crippen LogP contribution in [0.2, 0.25) is 0 Å². The van der Waals surface area contributed by atoms with Crippen LogP contribution in [0.4, 0.5) is 4.39 Å². The molecule has 0 aliphatic carbocycles. The van der Waals surface area contributed by atoms with E-state index in [1.54, 1.807) is 10.7 Å². The van der Waals surface area contributed by atoms with Crippen LogP contribution in [0.25, 0.3) is 5.69 Å². The van der Waals surface area contributed by atoms with E-state index in [0.29, 0.717) is 12.5 Å². The molecule has 2 saturated heterocycles. The predicted octanol–water partition coefficient (Wildman–Crippen LogP) is 1.84. The third-order valence-corrected chi connectivity index (χ3v) is 5.31. The van der Waals surface area contributed by atoms with Crippen molar-refractivity contribution in [3.63, 3.8) is 0 Å². The molecule has 2 aromatic rings. The van der Waals surface area contributed by atoms with Crippen LogP contribution in [0.3, 0.4) is 0 Å². The smallest absolute Gasteiger partial charge is 0.125 e. The van der Waals surface area contributed by atoms with Crippen molar-refractivity contribution in [1.82, 2.24) is 14.7 Å². The van der Waals surface area contributed by atoms with E-state index in [4.69, 9.17) is 4.74 Å². The lowest BCUT2D eigenvalue weighted by molar-refractivity contribution is -0.0561. The quantitative estimate of drug-likeness (QED) is 0.929. The minimum Gasteiger partial charge on any atom is -0.396 e. The number of ether oxygens (including phenoxy) is 1. The van der Waals surface area contributed by atoms with E-state index in [0.717, 1.165) is 43.9 Å². The topological polar surface area (TPSA) is 50.5 Å². The normalized spacial score (nSPS) is 27.3. The molecule has 128 valence electrons. The van der Waals surface area contributed by atoms with Crippen LogP contribution in [-0.2, 0) is 11.3 Å². The zero-order valence-electron chi connectivity index (χ0n) is 13.6. The van der Waals surface area contributed by atoms with Crippen molar-refractivity contribution in [1.29, 1.82) is 0 Å². The van der Waals surface area contributed by atoms with E-state index in [1.807, 2.05) is 18.5 Å². The highest BCUT2D eigenvalue weighted by molar-refractivity contribution is 5.31. The van der Waals surface area contributed by atoms with Gasteiger partial charge in [-0.3, -0.25) is 4.90 Å². The Hall–Kier alpha value is -1.76. The minimum absolute atomic E-state index is 0.114. The fourth-order valence-corrected chi connectivity index (χ4v) is 4.01. The van der Waals surface area contributed by atoms with Crippen molar-refractivity contribution in [2.24, 2.45) is 11.3 Å². The Morgan fingerprint density at radius 1 is 1.42 bits per heavy atom. The molecule has 2 fully saturated rings. The first-order chi connectivity index (χ1) is 11.7. The minimum atomic E-state index is -0.266. The lowest BCUT2D eigenvalue weighted by Gasteiger charge is -2.36. The standard InChI is InChI=1S/C18H22FN3O2/c19-16-2-1-3-17(6-16)22-9-14(7-20-22)8-21-10-15-4-5-24-13-18(15,11-21)12-23/h1-3,6-7,9,15,23H,4-5,8,10-13H2/t15-,18+/m0/s1. The van der Waals surface area contributed by atoms with Crippen molar-refractivity contribution < 1.29 is 14.2 Å². The van der Waals surface area contributed by atoms with Crippen molar-refractivity contribution in [2.45, 2.75) is 13.0 Å².